The van der Waals surface area contributed by atoms with Gasteiger partial charge in [-0.1, -0.05) is 53.2 Å². The van der Waals surface area contributed by atoms with Crippen molar-refractivity contribution in [3.05, 3.63) is 82.2 Å². The second-order valence-corrected chi connectivity index (χ2v) is 10.2. The lowest BCUT2D eigenvalue weighted by Gasteiger charge is -2.39. The fourth-order valence-electron chi connectivity index (χ4n) is 4.88. The quantitative estimate of drug-likeness (QED) is 0.384. The number of benzene rings is 2. The maximum atomic E-state index is 13.2. The first-order valence-corrected chi connectivity index (χ1v) is 13.1. The van der Waals surface area contributed by atoms with Gasteiger partial charge >= 0.3 is 0 Å². The molecule has 0 saturated carbocycles. The SMILES string of the molecule is Cc1noc(C)c1CCC(=O)N1CC[C@H](Oc2cccc(Cl)c2)[C@@H](CC(=O)N(C)Cc2ccccc2)C1. The Kier molecular flexibility index (Phi) is 8.87. The molecule has 2 amide bonds. The van der Waals surface area contributed by atoms with Crippen LogP contribution in [0, 0.1) is 19.8 Å². The molecular weight excluding hydrogens is 490 g/mol. The molecule has 0 N–H and O–H groups in total. The van der Waals surface area contributed by atoms with Crippen molar-refractivity contribution in [3.63, 3.8) is 0 Å². The Bertz CT molecular complexity index is 1190. The Morgan fingerprint density at radius 3 is 2.65 bits per heavy atom. The minimum atomic E-state index is -0.195. The number of nitrogens with zero attached hydrogens (tertiary/aromatic N) is 3. The predicted octanol–water partition coefficient (Wildman–Crippen LogP) is 5.22. The number of carbonyl (C=O) groups excluding carboxylic acids is 2. The first-order chi connectivity index (χ1) is 17.8. The van der Waals surface area contributed by atoms with Crippen LogP contribution in [-0.2, 0) is 22.6 Å². The van der Waals surface area contributed by atoms with Gasteiger partial charge in [0.15, 0.2) is 0 Å². The molecule has 0 radical (unpaired) electrons. The summed E-state index contributed by atoms with van der Waals surface area (Å²) in [6, 6.07) is 17.2. The van der Waals surface area contributed by atoms with Gasteiger partial charge in [0.1, 0.15) is 17.6 Å². The van der Waals surface area contributed by atoms with Crippen molar-refractivity contribution in [2.24, 2.45) is 5.92 Å². The predicted molar refractivity (Wildman–Crippen MR) is 142 cm³/mol. The van der Waals surface area contributed by atoms with Gasteiger partial charge in [0, 0.05) is 62.4 Å². The Morgan fingerprint density at radius 2 is 1.95 bits per heavy atom. The lowest BCUT2D eigenvalue weighted by Crippen LogP contribution is -2.49. The number of likely N-dealkylation sites (tertiary alicyclic amines) is 1. The zero-order valence-corrected chi connectivity index (χ0v) is 22.4. The van der Waals surface area contributed by atoms with Crippen LogP contribution in [0.2, 0.25) is 5.02 Å². The molecule has 2 heterocycles. The summed E-state index contributed by atoms with van der Waals surface area (Å²) < 4.78 is 11.5. The van der Waals surface area contributed by atoms with E-state index >= 15 is 0 Å². The van der Waals surface area contributed by atoms with Crippen molar-refractivity contribution < 1.29 is 18.8 Å². The maximum absolute atomic E-state index is 13.2. The Labute approximate surface area is 223 Å². The highest BCUT2D eigenvalue weighted by Crippen LogP contribution is 2.28. The van der Waals surface area contributed by atoms with E-state index < -0.39 is 0 Å². The molecular formula is C29H34ClN3O4. The van der Waals surface area contributed by atoms with E-state index in [2.05, 4.69) is 5.16 Å². The summed E-state index contributed by atoms with van der Waals surface area (Å²) in [6.45, 7) is 5.34. The van der Waals surface area contributed by atoms with Crippen molar-refractivity contribution in [3.8, 4) is 5.75 Å². The van der Waals surface area contributed by atoms with Gasteiger partial charge in [-0.15, -0.1) is 0 Å². The molecule has 7 nitrogen and oxygen atoms in total. The number of aromatic nitrogens is 1. The fourth-order valence-corrected chi connectivity index (χ4v) is 5.06. The van der Waals surface area contributed by atoms with Gasteiger partial charge in [-0.3, -0.25) is 9.59 Å². The number of ether oxygens (including phenoxy) is 1. The summed E-state index contributed by atoms with van der Waals surface area (Å²) in [5.74, 6) is 1.38. The van der Waals surface area contributed by atoms with Gasteiger partial charge in [0.05, 0.1) is 5.69 Å². The topological polar surface area (TPSA) is 75.9 Å². The van der Waals surface area contributed by atoms with Gasteiger partial charge in [-0.2, -0.15) is 0 Å². The molecule has 0 bridgehead atoms. The molecule has 1 saturated heterocycles. The number of rotatable bonds is 9. The van der Waals surface area contributed by atoms with Crippen LogP contribution in [-0.4, -0.2) is 53.0 Å². The minimum Gasteiger partial charge on any atom is -0.490 e. The zero-order chi connectivity index (χ0) is 26.4. The summed E-state index contributed by atoms with van der Waals surface area (Å²) >= 11 is 6.16. The van der Waals surface area contributed by atoms with Crippen molar-refractivity contribution in [1.29, 1.82) is 0 Å². The van der Waals surface area contributed by atoms with Crippen LogP contribution < -0.4 is 4.74 Å². The monoisotopic (exact) mass is 523 g/mol. The second-order valence-electron chi connectivity index (χ2n) is 9.74. The summed E-state index contributed by atoms with van der Waals surface area (Å²) in [5, 5.41) is 4.58. The second kappa shape index (κ2) is 12.3. The van der Waals surface area contributed by atoms with Gasteiger partial charge in [-0.05, 0) is 44.0 Å². The van der Waals surface area contributed by atoms with E-state index in [9.17, 15) is 9.59 Å². The Morgan fingerprint density at radius 1 is 1.16 bits per heavy atom. The summed E-state index contributed by atoms with van der Waals surface area (Å²) in [4.78, 5) is 30.0. The number of aryl methyl sites for hydroxylation is 2. The zero-order valence-electron chi connectivity index (χ0n) is 21.7. The normalized spacial score (nSPS) is 17.5. The highest BCUT2D eigenvalue weighted by molar-refractivity contribution is 6.30. The van der Waals surface area contributed by atoms with Crippen LogP contribution in [0.3, 0.4) is 0 Å². The molecule has 1 aliphatic rings. The average Bonchev–Trinajstić information content (AvgIpc) is 3.21. The van der Waals surface area contributed by atoms with E-state index in [1.807, 2.05) is 68.3 Å². The van der Waals surface area contributed by atoms with Crippen molar-refractivity contribution in [2.45, 2.75) is 52.2 Å². The number of hydrogen-bond donors (Lipinski definition) is 0. The van der Waals surface area contributed by atoms with Crippen molar-refractivity contribution in [1.82, 2.24) is 15.0 Å². The van der Waals surface area contributed by atoms with E-state index in [1.165, 1.54) is 0 Å². The molecule has 2 aromatic carbocycles. The highest BCUT2D eigenvalue weighted by atomic mass is 35.5. The van der Waals surface area contributed by atoms with Crippen molar-refractivity contribution >= 4 is 23.4 Å². The summed E-state index contributed by atoms with van der Waals surface area (Å²) in [7, 11) is 1.82. The third-order valence-electron chi connectivity index (χ3n) is 7.00. The molecule has 1 fully saturated rings. The standard InChI is InChI=1S/C29H34ClN3O4/c1-20-26(21(2)37-31-20)12-13-28(34)33-15-14-27(36-25-11-7-10-24(30)17-25)23(19-33)16-29(35)32(3)18-22-8-5-4-6-9-22/h4-11,17,23,27H,12-16,18-19H2,1-3H3/t23-,27-/m0/s1. The number of amides is 2. The summed E-state index contributed by atoms with van der Waals surface area (Å²) in [6.07, 6.45) is 1.70. The Hall–Kier alpha value is -3.32. The summed E-state index contributed by atoms with van der Waals surface area (Å²) in [5.41, 5.74) is 2.88. The molecule has 2 atom stereocenters. The molecule has 1 aromatic heterocycles. The van der Waals surface area contributed by atoms with Gasteiger partial charge < -0.3 is 19.1 Å². The number of piperidine rings is 1. The molecule has 196 valence electrons. The molecule has 1 aliphatic heterocycles. The smallest absolute Gasteiger partial charge is 0.223 e. The third kappa shape index (κ3) is 7.13. The average molecular weight is 524 g/mol. The van der Waals surface area contributed by atoms with Crippen LogP contribution in [0.25, 0.3) is 0 Å². The molecule has 3 aromatic rings. The van der Waals surface area contributed by atoms with E-state index in [0.29, 0.717) is 56.1 Å². The van der Waals surface area contributed by atoms with Crippen LogP contribution in [0.4, 0.5) is 0 Å². The lowest BCUT2D eigenvalue weighted by molar-refractivity contribution is -0.138. The number of carbonyl (C=O) groups is 2. The van der Waals surface area contributed by atoms with Crippen LogP contribution in [0.1, 0.15) is 41.8 Å². The molecule has 8 heteroatoms. The first-order valence-electron chi connectivity index (χ1n) is 12.7. The number of halogens is 1. The molecule has 0 spiro atoms. The Balaban J connectivity index is 1.43. The van der Waals surface area contributed by atoms with Gasteiger partial charge in [0.2, 0.25) is 11.8 Å². The first kappa shape index (κ1) is 26.7. The number of hydrogen-bond acceptors (Lipinski definition) is 5. The van der Waals surface area contributed by atoms with Crippen LogP contribution >= 0.6 is 11.6 Å². The lowest BCUT2D eigenvalue weighted by atomic mass is 9.90. The van der Waals surface area contributed by atoms with E-state index in [-0.39, 0.29) is 23.8 Å². The van der Waals surface area contributed by atoms with Crippen LogP contribution in [0.5, 0.6) is 5.75 Å². The third-order valence-corrected chi connectivity index (χ3v) is 7.23. The van der Waals surface area contributed by atoms with Gasteiger partial charge in [-0.25, -0.2) is 0 Å². The fraction of sp³-hybridized carbons (Fsp3) is 0.414. The molecule has 37 heavy (non-hydrogen) atoms. The van der Waals surface area contributed by atoms with Crippen molar-refractivity contribution in [2.75, 3.05) is 20.1 Å². The molecule has 0 unspecified atom stereocenters. The van der Waals surface area contributed by atoms with Crippen LogP contribution in [0.15, 0.2) is 59.1 Å². The largest absolute Gasteiger partial charge is 0.490 e. The van der Waals surface area contributed by atoms with E-state index in [1.54, 1.807) is 17.0 Å². The van der Waals surface area contributed by atoms with E-state index in [0.717, 1.165) is 22.6 Å². The van der Waals surface area contributed by atoms with E-state index in [4.69, 9.17) is 20.9 Å². The van der Waals surface area contributed by atoms with Gasteiger partial charge in [0.25, 0.3) is 0 Å². The maximum Gasteiger partial charge on any atom is 0.223 e. The molecule has 0 aliphatic carbocycles. The highest BCUT2D eigenvalue weighted by Gasteiger charge is 2.35. The minimum absolute atomic E-state index is 0.0265. The molecule has 4 rings (SSSR count).